The average molecular weight is 307 g/mol. The van der Waals surface area contributed by atoms with Gasteiger partial charge in [0, 0.05) is 23.9 Å². The molecule has 3 aromatic rings. The summed E-state index contributed by atoms with van der Waals surface area (Å²) in [7, 11) is 0. The Morgan fingerprint density at radius 1 is 1.26 bits per heavy atom. The average Bonchev–Trinajstić information content (AvgIpc) is 3.29. The number of hydrogen-bond donors (Lipinski definition) is 1. The Morgan fingerprint density at radius 3 is 2.87 bits per heavy atom. The highest BCUT2D eigenvalue weighted by Gasteiger charge is 2.28. The van der Waals surface area contributed by atoms with Crippen molar-refractivity contribution in [2.45, 2.75) is 32.6 Å². The lowest BCUT2D eigenvalue weighted by molar-refractivity contribution is 0.101. The van der Waals surface area contributed by atoms with E-state index in [1.807, 2.05) is 32.0 Å². The Kier molecular flexibility index (Phi) is 3.11. The van der Waals surface area contributed by atoms with Crippen molar-refractivity contribution in [3.8, 4) is 0 Å². The van der Waals surface area contributed by atoms with E-state index in [2.05, 4.69) is 20.4 Å². The number of amides is 1. The van der Waals surface area contributed by atoms with Crippen molar-refractivity contribution in [3.05, 3.63) is 53.2 Å². The molecule has 0 atom stereocenters. The molecule has 0 radical (unpaired) electrons. The van der Waals surface area contributed by atoms with Crippen LogP contribution in [0.15, 0.2) is 30.5 Å². The molecule has 0 saturated heterocycles. The fourth-order valence-corrected chi connectivity index (χ4v) is 2.77. The van der Waals surface area contributed by atoms with Gasteiger partial charge in [0.1, 0.15) is 5.69 Å². The molecule has 0 aliphatic heterocycles. The number of carbonyl (C=O) groups excluding carboxylic acids is 1. The lowest BCUT2D eigenvalue weighted by Crippen LogP contribution is -2.18. The van der Waals surface area contributed by atoms with E-state index >= 15 is 0 Å². The molecule has 0 unspecified atom stereocenters. The molecule has 3 aromatic heterocycles. The van der Waals surface area contributed by atoms with Gasteiger partial charge >= 0.3 is 0 Å². The first kappa shape index (κ1) is 13.9. The Hall–Kier alpha value is -2.76. The minimum atomic E-state index is -0.196. The molecule has 1 fully saturated rings. The van der Waals surface area contributed by atoms with Gasteiger partial charge in [0.25, 0.3) is 5.91 Å². The Morgan fingerprint density at radius 2 is 2.09 bits per heavy atom. The van der Waals surface area contributed by atoms with Gasteiger partial charge in [-0.15, -0.1) is 0 Å². The predicted octanol–water partition coefficient (Wildman–Crippen LogP) is 2.87. The molecule has 1 aliphatic carbocycles. The van der Waals surface area contributed by atoms with Gasteiger partial charge in [-0.25, -0.2) is 9.50 Å². The molecule has 1 N–H and O–H groups in total. The van der Waals surface area contributed by atoms with E-state index in [-0.39, 0.29) is 5.91 Å². The molecule has 4 rings (SSSR count). The normalized spacial score (nSPS) is 14.2. The Bertz CT molecular complexity index is 910. The molecule has 6 heteroatoms. The molecule has 0 spiro atoms. The zero-order valence-electron chi connectivity index (χ0n) is 13.1. The lowest BCUT2D eigenvalue weighted by Gasteiger charge is -2.10. The number of pyridine rings is 1. The van der Waals surface area contributed by atoms with E-state index < -0.39 is 0 Å². The summed E-state index contributed by atoms with van der Waals surface area (Å²) in [4.78, 5) is 21.6. The SMILES string of the molecule is Cc1cc(C(=O)Nc2cccnc2C2CC2)n2nc(C)cc2n1. The van der Waals surface area contributed by atoms with Gasteiger partial charge in [-0.3, -0.25) is 9.78 Å². The van der Waals surface area contributed by atoms with Gasteiger partial charge in [0.15, 0.2) is 5.65 Å². The smallest absolute Gasteiger partial charge is 0.274 e. The number of nitrogens with one attached hydrogen (secondary N) is 1. The minimum absolute atomic E-state index is 0.196. The summed E-state index contributed by atoms with van der Waals surface area (Å²) in [6.45, 7) is 3.76. The van der Waals surface area contributed by atoms with Gasteiger partial charge in [-0.05, 0) is 44.9 Å². The zero-order valence-corrected chi connectivity index (χ0v) is 13.1. The molecular weight excluding hydrogens is 290 g/mol. The topological polar surface area (TPSA) is 72.2 Å². The number of aryl methyl sites for hydroxylation is 2. The van der Waals surface area contributed by atoms with E-state index in [9.17, 15) is 4.79 Å². The first-order valence-corrected chi connectivity index (χ1v) is 7.72. The van der Waals surface area contributed by atoms with Gasteiger partial charge in [0.05, 0.1) is 17.1 Å². The second-order valence-electron chi connectivity index (χ2n) is 6.00. The van der Waals surface area contributed by atoms with Gasteiger partial charge in [0.2, 0.25) is 0 Å². The second-order valence-corrected chi connectivity index (χ2v) is 6.00. The fraction of sp³-hybridized carbons (Fsp3) is 0.294. The summed E-state index contributed by atoms with van der Waals surface area (Å²) in [5, 5.41) is 7.35. The number of aromatic nitrogens is 4. The van der Waals surface area contributed by atoms with Crippen molar-refractivity contribution < 1.29 is 4.79 Å². The largest absolute Gasteiger partial charge is 0.319 e. The molecule has 6 nitrogen and oxygen atoms in total. The third kappa shape index (κ3) is 2.56. The van der Waals surface area contributed by atoms with Crippen LogP contribution in [-0.2, 0) is 0 Å². The monoisotopic (exact) mass is 307 g/mol. The summed E-state index contributed by atoms with van der Waals surface area (Å²) in [6, 6.07) is 7.36. The molecular formula is C17H17N5O. The molecule has 23 heavy (non-hydrogen) atoms. The molecule has 116 valence electrons. The summed E-state index contributed by atoms with van der Waals surface area (Å²) in [5.41, 5.74) is 4.53. The number of carbonyl (C=O) groups is 1. The van der Waals surface area contributed by atoms with Gasteiger partial charge < -0.3 is 5.32 Å². The van der Waals surface area contributed by atoms with Crippen molar-refractivity contribution in [1.82, 2.24) is 19.6 Å². The van der Waals surface area contributed by atoms with Crippen LogP contribution in [0.2, 0.25) is 0 Å². The maximum atomic E-state index is 12.8. The van der Waals surface area contributed by atoms with Crippen LogP contribution in [0.1, 0.15) is 46.3 Å². The van der Waals surface area contributed by atoms with Crippen LogP contribution < -0.4 is 5.32 Å². The lowest BCUT2D eigenvalue weighted by atomic mass is 10.2. The Balaban J connectivity index is 1.73. The van der Waals surface area contributed by atoms with Crippen LogP contribution in [0.25, 0.3) is 5.65 Å². The number of nitrogens with zero attached hydrogens (tertiary/aromatic N) is 4. The second kappa shape index (κ2) is 5.15. The molecule has 0 aromatic carbocycles. The molecule has 1 aliphatic rings. The van der Waals surface area contributed by atoms with Crippen LogP contribution in [0, 0.1) is 13.8 Å². The standard InChI is InChI=1S/C17H17N5O/c1-10-8-14(22-15(19-10)9-11(2)21-22)17(23)20-13-4-3-7-18-16(13)12-5-6-12/h3-4,7-9,12H,5-6H2,1-2H3,(H,20,23). The van der Waals surface area contributed by atoms with Gasteiger partial charge in [-0.2, -0.15) is 5.10 Å². The quantitative estimate of drug-likeness (QED) is 0.807. The molecule has 1 saturated carbocycles. The van der Waals surface area contributed by atoms with Crippen molar-refractivity contribution in [3.63, 3.8) is 0 Å². The number of anilines is 1. The van der Waals surface area contributed by atoms with Crippen LogP contribution in [0.5, 0.6) is 0 Å². The molecule has 3 heterocycles. The van der Waals surface area contributed by atoms with Crippen molar-refractivity contribution in [1.29, 1.82) is 0 Å². The van der Waals surface area contributed by atoms with Crippen molar-refractivity contribution >= 4 is 17.2 Å². The third-order valence-corrected chi connectivity index (χ3v) is 3.96. The van der Waals surface area contributed by atoms with E-state index in [0.29, 0.717) is 17.3 Å². The fourth-order valence-electron chi connectivity index (χ4n) is 2.77. The number of rotatable bonds is 3. The summed E-state index contributed by atoms with van der Waals surface area (Å²) in [6.07, 6.45) is 4.04. The van der Waals surface area contributed by atoms with E-state index in [4.69, 9.17) is 0 Å². The van der Waals surface area contributed by atoms with Gasteiger partial charge in [-0.1, -0.05) is 0 Å². The van der Waals surface area contributed by atoms with E-state index in [1.165, 1.54) is 0 Å². The summed E-state index contributed by atoms with van der Waals surface area (Å²) < 4.78 is 1.59. The van der Waals surface area contributed by atoms with Crippen molar-refractivity contribution in [2.75, 3.05) is 5.32 Å². The first-order chi connectivity index (χ1) is 11.1. The molecule has 1 amide bonds. The van der Waals surface area contributed by atoms with Crippen molar-refractivity contribution in [2.24, 2.45) is 0 Å². The van der Waals surface area contributed by atoms with Crippen LogP contribution in [0.3, 0.4) is 0 Å². The zero-order chi connectivity index (χ0) is 16.0. The van der Waals surface area contributed by atoms with E-state index in [0.717, 1.165) is 35.6 Å². The number of fused-ring (bicyclic) bond motifs is 1. The highest BCUT2D eigenvalue weighted by atomic mass is 16.2. The molecule has 0 bridgehead atoms. The third-order valence-electron chi connectivity index (χ3n) is 3.96. The Labute approximate surface area is 133 Å². The van der Waals surface area contributed by atoms with Crippen LogP contribution in [-0.4, -0.2) is 25.5 Å². The van der Waals surface area contributed by atoms with Crippen LogP contribution in [0.4, 0.5) is 5.69 Å². The predicted molar refractivity (Wildman–Crippen MR) is 86.6 cm³/mol. The maximum absolute atomic E-state index is 12.8. The summed E-state index contributed by atoms with van der Waals surface area (Å²) >= 11 is 0. The van der Waals surface area contributed by atoms with E-state index in [1.54, 1.807) is 16.8 Å². The number of hydrogen-bond acceptors (Lipinski definition) is 4. The first-order valence-electron chi connectivity index (χ1n) is 7.72. The summed E-state index contributed by atoms with van der Waals surface area (Å²) in [5.74, 6) is 0.274. The maximum Gasteiger partial charge on any atom is 0.274 e. The minimum Gasteiger partial charge on any atom is -0.319 e. The highest BCUT2D eigenvalue weighted by Crippen LogP contribution is 2.42. The highest BCUT2D eigenvalue weighted by molar-refractivity contribution is 6.03. The van der Waals surface area contributed by atoms with Crippen LogP contribution >= 0.6 is 0 Å².